The van der Waals surface area contributed by atoms with Crippen LogP contribution in [0.1, 0.15) is 39.4 Å². The number of ether oxygens (including phenoxy) is 2. The molecule has 37 heavy (non-hydrogen) atoms. The lowest BCUT2D eigenvalue weighted by molar-refractivity contribution is 0.0531. The Morgan fingerprint density at radius 2 is 1.70 bits per heavy atom. The molecule has 198 valence electrons. The van der Waals surface area contributed by atoms with E-state index < -0.39 is 28.0 Å². The van der Waals surface area contributed by atoms with Crippen LogP contribution in [0.4, 0.5) is 9.80 Å². The molecule has 2 aromatic rings. The molecule has 2 heterocycles. The smallest absolute Gasteiger partial charge is 0.409 e. The minimum Gasteiger partial charge on any atom is -0.462 e. The Hall–Kier alpha value is -3.12. The zero-order chi connectivity index (χ0) is 27.2. The fraction of sp³-hybridized carbons (Fsp3) is 0.391. The Kier molecular flexibility index (Phi) is 9.55. The molecule has 0 radical (unpaired) electrons. The Morgan fingerprint density at radius 3 is 2.27 bits per heavy atom. The highest BCUT2D eigenvalue weighted by molar-refractivity contribution is 8.04. The molecule has 14 heteroatoms. The van der Waals surface area contributed by atoms with Crippen LogP contribution in [0.3, 0.4) is 0 Å². The molecular weight excluding hydrogens is 540 g/mol. The highest BCUT2D eigenvalue weighted by Crippen LogP contribution is 2.40. The summed E-state index contributed by atoms with van der Waals surface area (Å²) in [5.41, 5.74) is 0.734. The molecule has 1 saturated heterocycles. The number of thiophene rings is 1. The van der Waals surface area contributed by atoms with Crippen molar-refractivity contribution in [2.45, 2.75) is 30.6 Å². The Morgan fingerprint density at radius 1 is 1.08 bits per heavy atom. The van der Waals surface area contributed by atoms with E-state index in [4.69, 9.17) is 14.7 Å². The van der Waals surface area contributed by atoms with Crippen LogP contribution in [0, 0.1) is 17.6 Å². The Balaban J connectivity index is 1.72. The summed E-state index contributed by atoms with van der Waals surface area (Å²) >= 11 is 1.83. The lowest BCUT2D eigenvalue weighted by Gasteiger charge is -2.33. The van der Waals surface area contributed by atoms with Crippen LogP contribution in [0.25, 0.3) is 0 Å². The zero-order valence-corrected chi connectivity index (χ0v) is 22.9. The quantitative estimate of drug-likeness (QED) is 0.288. The maximum atomic E-state index is 13.1. The minimum absolute atomic E-state index is 0.0194. The predicted octanol–water partition coefficient (Wildman–Crippen LogP) is 3.52. The van der Waals surface area contributed by atoms with E-state index in [1.807, 2.05) is 5.40 Å². The van der Waals surface area contributed by atoms with Crippen molar-refractivity contribution in [2.75, 3.05) is 44.7 Å². The molecule has 1 aliphatic heterocycles. The second-order valence-corrected chi connectivity index (χ2v) is 11.5. The number of benzene rings is 1. The summed E-state index contributed by atoms with van der Waals surface area (Å²) in [6.07, 6.45) is -0.471. The van der Waals surface area contributed by atoms with Crippen LogP contribution >= 0.6 is 23.1 Å². The molecular formula is C23H26N4O7S3. The Bertz CT molecular complexity index is 1310. The van der Waals surface area contributed by atoms with Crippen molar-refractivity contribution in [3.8, 4) is 5.40 Å². The fourth-order valence-corrected chi connectivity index (χ4v) is 6.79. The number of carbonyl (C=O) groups is 3. The lowest BCUT2D eigenvalue weighted by Crippen LogP contribution is -2.50. The molecule has 0 unspecified atom stereocenters. The second-order valence-electron chi connectivity index (χ2n) is 7.70. The number of hydrogen-bond acceptors (Lipinski definition) is 10. The highest BCUT2D eigenvalue weighted by Gasteiger charge is 2.31. The Labute approximate surface area is 223 Å². The first kappa shape index (κ1) is 28.5. The number of amides is 2. The molecule has 1 aromatic carbocycles. The number of hydrogen-bond donors (Lipinski definition) is 1. The molecule has 1 aromatic heterocycles. The van der Waals surface area contributed by atoms with E-state index >= 15 is 0 Å². The predicted molar refractivity (Wildman–Crippen MR) is 138 cm³/mol. The van der Waals surface area contributed by atoms with Gasteiger partial charge in [-0.05, 0) is 62.4 Å². The van der Waals surface area contributed by atoms with Gasteiger partial charge in [0.05, 0.1) is 23.0 Å². The van der Waals surface area contributed by atoms with Crippen LogP contribution in [-0.4, -0.2) is 75.0 Å². The number of thiocyanates is 1. The van der Waals surface area contributed by atoms with Gasteiger partial charge in [-0.2, -0.15) is 9.57 Å². The van der Waals surface area contributed by atoms with Crippen LogP contribution in [0.2, 0.25) is 0 Å². The van der Waals surface area contributed by atoms with Crippen molar-refractivity contribution in [1.29, 1.82) is 5.26 Å². The minimum atomic E-state index is -3.82. The summed E-state index contributed by atoms with van der Waals surface area (Å²) in [6.45, 7) is 6.18. The number of rotatable bonds is 8. The summed E-state index contributed by atoms with van der Waals surface area (Å²) in [4.78, 5) is 39.2. The van der Waals surface area contributed by atoms with Gasteiger partial charge in [-0.1, -0.05) is 0 Å². The number of anilines is 1. The molecule has 0 aliphatic carbocycles. The second kappa shape index (κ2) is 12.4. The van der Waals surface area contributed by atoms with E-state index in [-0.39, 0.29) is 49.9 Å². The summed E-state index contributed by atoms with van der Waals surface area (Å²) in [6, 6.07) is 5.47. The zero-order valence-electron chi connectivity index (χ0n) is 20.5. The van der Waals surface area contributed by atoms with Gasteiger partial charge in [0.25, 0.3) is 5.91 Å². The van der Waals surface area contributed by atoms with Crippen LogP contribution in [-0.2, 0) is 19.5 Å². The molecule has 3 rings (SSSR count). The van der Waals surface area contributed by atoms with Gasteiger partial charge in [-0.15, -0.1) is 11.3 Å². The van der Waals surface area contributed by atoms with E-state index in [2.05, 4.69) is 5.32 Å². The van der Waals surface area contributed by atoms with Crippen LogP contribution in [0.5, 0.6) is 0 Å². The number of sulfonamides is 1. The average Bonchev–Trinajstić information content (AvgIpc) is 3.19. The summed E-state index contributed by atoms with van der Waals surface area (Å²) in [5.74, 6) is -1.06. The number of nitrogens with one attached hydrogen (secondary N) is 1. The number of nitriles is 1. The van der Waals surface area contributed by atoms with Crippen molar-refractivity contribution < 1.29 is 32.3 Å². The maximum absolute atomic E-state index is 13.1. The van der Waals surface area contributed by atoms with E-state index in [1.54, 1.807) is 20.8 Å². The van der Waals surface area contributed by atoms with Crippen molar-refractivity contribution >= 4 is 56.1 Å². The van der Waals surface area contributed by atoms with Crippen LogP contribution < -0.4 is 5.32 Å². The van der Waals surface area contributed by atoms with Gasteiger partial charge < -0.3 is 19.7 Å². The average molecular weight is 567 g/mol. The summed E-state index contributed by atoms with van der Waals surface area (Å²) < 4.78 is 37.4. The van der Waals surface area contributed by atoms with Crippen molar-refractivity contribution in [3.05, 3.63) is 40.3 Å². The number of thioether (sulfide) groups is 1. The summed E-state index contributed by atoms with van der Waals surface area (Å²) in [7, 11) is -3.82. The molecule has 11 nitrogen and oxygen atoms in total. The van der Waals surface area contributed by atoms with Gasteiger partial charge in [-0.3, -0.25) is 4.79 Å². The SMILES string of the molecule is CCOC(=O)c1sc(NC(=O)c2ccc(S(=O)(=O)N3CCN(C(=O)OCC)CC3)cc2)c(SC#N)c1C. The van der Waals surface area contributed by atoms with Gasteiger partial charge in [0.1, 0.15) is 15.3 Å². The van der Waals surface area contributed by atoms with Crippen molar-refractivity contribution in [2.24, 2.45) is 0 Å². The molecule has 2 amide bonds. The maximum Gasteiger partial charge on any atom is 0.409 e. The topological polar surface area (TPSA) is 146 Å². The van der Waals surface area contributed by atoms with Gasteiger partial charge in [0.15, 0.2) is 0 Å². The van der Waals surface area contributed by atoms with Gasteiger partial charge in [0.2, 0.25) is 10.0 Å². The van der Waals surface area contributed by atoms with E-state index in [1.165, 1.54) is 33.5 Å². The highest BCUT2D eigenvalue weighted by atomic mass is 32.2. The first-order chi connectivity index (χ1) is 17.6. The normalized spacial score (nSPS) is 14.1. The third-order valence-electron chi connectivity index (χ3n) is 5.45. The lowest BCUT2D eigenvalue weighted by atomic mass is 10.2. The molecule has 0 saturated carbocycles. The number of carbonyl (C=O) groups excluding carboxylic acids is 3. The van der Waals surface area contributed by atoms with Gasteiger partial charge in [0, 0.05) is 31.7 Å². The van der Waals surface area contributed by atoms with E-state index in [0.29, 0.717) is 20.3 Å². The first-order valence-electron chi connectivity index (χ1n) is 11.3. The standard InChI is InChI=1S/C23H26N4O7S3/c1-4-33-22(29)19-15(3)18(35-14-24)21(36-19)25-20(28)16-6-8-17(9-7-16)37(31,32)27-12-10-26(11-13-27)23(30)34-5-2/h6-9H,4-5,10-13H2,1-3H3,(H,25,28). The molecule has 1 fully saturated rings. The van der Waals surface area contributed by atoms with Gasteiger partial charge >= 0.3 is 12.1 Å². The molecule has 1 aliphatic rings. The molecule has 1 N–H and O–H groups in total. The molecule has 0 atom stereocenters. The third kappa shape index (κ3) is 6.42. The third-order valence-corrected chi connectivity index (χ3v) is 9.48. The molecule has 0 spiro atoms. The first-order valence-corrected chi connectivity index (χ1v) is 14.4. The van der Waals surface area contributed by atoms with Crippen LogP contribution in [0.15, 0.2) is 34.1 Å². The van der Waals surface area contributed by atoms with E-state index in [9.17, 15) is 22.8 Å². The largest absolute Gasteiger partial charge is 0.462 e. The van der Waals surface area contributed by atoms with Crippen molar-refractivity contribution in [3.63, 3.8) is 0 Å². The van der Waals surface area contributed by atoms with E-state index in [0.717, 1.165) is 23.1 Å². The molecule has 0 bridgehead atoms. The number of esters is 1. The monoisotopic (exact) mass is 566 g/mol. The fourth-order valence-electron chi connectivity index (χ4n) is 3.57. The van der Waals surface area contributed by atoms with Gasteiger partial charge in [-0.25, -0.2) is 18.0 Å². The number of piperazine rings is 1. The number of nitrogens with zero attached hydrogens (tertiary/aromatic N) is 3. The van der Waals surface area contributed by atoms with Crippen molar-refractivity contribution in [1.82, 2.24) is 9.21 Å². The summed E-state index contributed by atoms with van der Waals surface area (Å²) in [5, 5.41) is 14.1.